The summed E-state index contributed by atoms with van der Waals surface area (Å²) < 4.78 is 7.59. The molecule has 4 aromatic rings. The number of halogens is 4. The van der Waals surface area contributed by atoms with Gasteiger partial charge < -0.3 is 15.4 Å². The third-order valence-electron chi connectivity index (χ3n) is 8.00. The monoisotopic (exact) mass is 718 g/mol. The topological polar surface area (TPSA) is 88.2 Å². The molecule has 0 fully saturated rings. The van der Waals surface area contributed by atoms with Crippen LogP contribution >= 0.6 is 46.4 Å². The first-order valence-electron chi connectivity index (χ1n) is 16.2. The van der Waals surface area contributed by atoms with Crippen molar-refractivity contribution < 1.29 is 9.53 Å². The number of rotatable bonds is 16. The number of H-pyrrole nitrogens is 1. The van der Waals surface area contributed by atoms with Crippen LogP contribution in [0.5, 0.6) is 5.75 Å². The lowest BCUT2D eigenvalue weighted by Gasteiger charge is -2.21. The van der Waals surface area contributed by atoms with E-state index in [1.54, 1.807) is 37.3 Å². The molecular formula is C36H42Cl4N4O3. The van der Waals surface area contributed by atoms with Crippen LogP contribution < -0.4 is 20.9 Å². The summed E-state index contributed by atoms with van der Waals surface area (Å²) in [6.45, 7) is 7.97. The highest BCUT2D eigenvalue weighted by atomic mass is 35.5. The molecule has 47 heavy (non-hydrogen) atoms. The van der Waals surface area contributed by atoms with Gasteiger partial charge in [-0.05, 0) is 86.6 Å². The number of ether oxygens (including phenoxy) is 1. The number of unbranched alkanes of at least 4 members (excludes halogenated alkanes) is 4. The number of carbonyl (C=O) groups is 1. The van der Waals surface area contributed by atoms with E-state index in [2.05, 4.69) is 41.7 Å². The Bertz CT molecular complexity index is 1730. The van der Waals surface area contributed by atoms with Gasteiger partial charge in [0.2, 0.25) is 0 Å². The van der Waals surface area contributed by atoms with E-state index in [9.17, 15) is 9.59 Å². The van der Waals surface area contributed by atoms with Crippen LogP contribution in [0.1, 0.15) is 82.4 Å². The molecule has 3 N–H and O–H groups in total. The summed E-state index contributed by atoms with van der Waals surface area (Å²) in [4.78, 5) is 26.7. The van der Waals surface area contributed by atoms with E-state index in [0.717, 1.165) is 49.8 Å². The molecule has 0 aliphatic rings. The van der Waals surface area contributed by atoms with Crippen LogP contribution in [0.4, 0.5) is 17.2 Å². The van der Waals surface area contributed by atoms with Crippen molar-refractivity contribution in [2.75, 3.05) is 10.6 Å². The molecule has 4 rings (SSSR count). The zero-order valence-electron chi connectivity index (χ0n) is 27.2. The van der Waals surface area contributed by atoms with E-state index in [4.69, 9.17) is 51.1 Å². The maximum Gasteiger partial charge on any atom is 0.276 e. The molecule has 1 aromatic heterocycles. The summed E-state index contributed by atoms with van der Waals surface area (Å²) in [5, 5.41) is 10.3. The highest BCUT2D eigenvalue weighted by Gasteiger charge is 2.23. The van der Waals surface area contributed by atoms with Gasteiger partial charge in [0.05, 0.1) is 26.3 Å². The number of amides is 1. The highest BCUT2D eigenvalue weighted by molar-refractivity contribution is 6.38. The summed E-state index contributed by atoms with van der Waals surface area (Å²) >= 11 is 25.7. The van der Waals surface area contributed by atoms with E-state index in [-0.39, 0.29) is 27.2 Å². The van der Waals surface area contributed by atoms with Gasteiger partial charge in [-0.1, -0.05) is 105 Å². The second-order valence-corrected chi connectivity index (χ2v) is 13.3. The van der Waals surface area contributed by atoms with Gasteiger partial charge in [0.25, 0.3) is 11.5 Å². The predicted molar refractivity (Wildman–Crippen MR) is 197 cm³/mol. The Morgan fingerprint density at radius 3 is 2.19 bits per heavy atom. The van der Waals surface area contributed by atoms with Gasteiger partial charge in [-0.25, -0.2) is 4.68 Å². The van der Waals surface area contributed by atoms with Gasteiger partial charge in [-0.2, -0.15) is 0 Å². The van der Waals surface area contributed by atoms with Crippen molar-refractivity contribution in [1.29, 1.82) is 0 Å². The number of hydrogen-bond donors (Lipinski definition) is 3. The average Bonchev–Trinajstić information content (AvgIpc) is 3.30. The molecule has 1 atom stereocenters. The zero-order valence-corrected chi connectivity index (χ0v) is 30.3. The average molecular weight is 721 g/mol. The molecule has 1 heterocycles. The summed E-state index contributed by atoms with van der Waals surface area (Å²) in [7, 11) is 0. The number of carbonyl (C=O) groups excluding carboxylic acids is 1. The lowest BCUT2D eigenvalue weighted by molar-refractivity contribution is -0.122. The second-order valence-electron chi connectivity index (χ2n) is 11.7. The smallest absolute Gasteiger partial charge is 0.276 e. The van der Waals surface area contributed by atoms with Crippen LogP contribution in [-0.2, 0) is 17.6 Å². The van der Waals surface area contributed by atoms with Gasteiger partial charge in [0.15, 0.2) is 6.10 Å². The van der Waals surface area contributed by atoms with Crippen LogP contribution in [0.3, 0.4) is 0 Å². The molecule has 0 saturated carbocycles. The molecule has 1 unspecified atom stereocenters. The Morgan fingerprint density at radius 1 is 0.872 bits per heavy atom. The van der Waals surface area contributed by atoms with Gasteiger partial charge in [0, 0.05) is 10.7 Å². The highest BCUT2D eigenvalue weighted by Crippen LogP contribution is 2.34. The fourth-order valence-electron chi connectivity index (χ4n) is 5.32. The lowest BCUT2D eigenvalue weighted by Crippen LogP contribution is -2.32. The number of aromatic nitrogens is 2. The summed E-state index contributed by atoms with van der Waals surface area (Å²) in [6, 6.07) is 14.4. The maximum atomic E-state index is 13.5. The van der Waals surface area contributed by atoms with Crippen LogP contribution in [0.25, 0.3) is 5.69 Å². The SMILES string of the molecule is CCCCCc1ccc(OC(CC)C(=O)Nc2cc(Cl)c(-n3[nH]c(Nc4ccc(Cl)cc4Cl)c(C)c3=O)c(Cl)c2)c(CCCCC)c1. The molecule has 1 amide bonds. The zero-order chi connectivity index (χ0) is 34.1. The number of aryl methyl sites for hydroxylation is 2. The van der Waals surface area contributed by atoms with Gasteiger partial charge >= 0.3 is 0 Å². The van der Waals surface area contributed by atoms with Crippen molar-refractivity contribution in [1.82, 2.24) is 9.78 Å². The first-order valence-corrected chi connectivity index (χ1v) is 17.7. The van der Waals surface area contributed by atoms with Crippen LogP contribution in [0.2, 0.25) is 20.1 Å². The van der Waals surface area contributed by atoms with Crippen molar-refractivity contribution in [2.45, 2.75) is 91.6 Å². The third-order valence-corrected chi connectivity index (χ3v) is 9.12. The fourth-order valence-corrected chi connectivity index (χ4v) is 6.43. The van der Waals surface area contributed by atoms with Crippen LogP contribution in [0.15, 0.2) is 53.3 Å². The molecule has 11 heteroatoms. The molecule has 252 valence electrons. The van der Waals surface area contributed by atoms with E-state index in [1.165, 1.54) is 23.1 Å². The minimum atomic E-state index is -0.731. The number of anilines is 3. The molecule has 0 aliphatic heterocycles. The third kappa shape index (κ3) is 9.50. The largest absolute Gasteiger partial charge is 0.480 e. The van der Waals surface area contributed by atoms with Gasteiger partial charge in [0.1, 0.15) is 17.3 Å². The normalized spacial score (nSPS) is 11.8. The Balaban J connectivity index is 1.52. The van der Waals surface area contributed by atoms with E-state index >= 15 is 0 Å². The second kappa shape index (κ2) is 17.3. The maximum absolute atomic E-state index is 13.5. The Kier molecular flexibility index (Phi) is 13.6. The van der Waals surface area contributed by atoms with Gasteiger partial charge in [-0.15, -0.1) is 0 Å². The molecule has 0 spiro atoms. The van der Waals surface area contributed by atoms with Crippen molar-refractivity contribution >= 4 is 69.5 Å². The van der Waals surface area contributed by atoms with Crippen molar-refractivity contribution in [3.63, 3.8) is 0 Å². The number of benzene rings is 3. The van der Waals surface area contributed by atoms with Gasteiger partial charge in [-0.3, -0.25) is 14.7 Å². The predicted octanol–water partition coefficient (Wildman–Crippen LogP) is 11.1. The number of nitrogens with one attached hydrogen (secondary N) is 3. The molecule has 0 aliphatic carbocycles. The summed E-state index contributed by atoms with van der Waals surface area (Å²) in [5.41, 5.74) is 3.66. The molecule has 0 bridgehead atoms. The van der Waals surface area contributed by atoms with Crippen molar-refractivity contribution in [3.8, 4) is 11.4 Å². The molecule has 3 aromatic carbocycles. The lowest BCUT2D eigenvalue weighted by atomic mass is 10.00. The minimum absolute atomic E-state index is 0.165. The molecule has 7 nitrogen and oxygen atoms in total. The quantitative estimate of drug-likeness (QED) is 0.101. The summed E-state index contributed by atoms with van der Waals surface area (Å²) in [6.07, 6.45) is 8.53. The van der Waals surface area contributed by atoms with Crippen LogP contribution in [-0.4, -0.2) is 21.8 Å². The number of hydrogen-bond acceptors (Lipinski definition) is 4. The molecule has 0 saturated heterocycles. The number of nitrogens with zero attached hydrogens (tertiary/aromatic N) is 1. The fraction of sp³-hybridized carbons (Fsp3) is 0.389. The van der Waals surface area contributed by atoms with E-state index in [1.807, 2.05) is 13.0 Å². The molecule has 0 radical (unpaired) electrons. The van der Waals surface area contributed by atoms with Crippen molar-refractivity contribution in [3.05, 3.63) is 95.7 Å². The first kappa shape index (κ1) is 36.7. The van der Waals surface area contributed by atoms with E-state index in [0.29, 0.717) is 39.2 Å². The Morgan fingerprint density at radius 2 is 1.55 bits per heavy atom. The first-order chi connectivity index (χ1) is 22.6. The number of aromatic amines is 1. The van der Waals surface area contributed by atoms with Crippen molar-refractivity contribution in [2.24, 2.45) is 0 Å². The van der Waals surface area contributed by atoms with Crippen LogP contribution in [0, 0.1) is 6.92 Å². The van der Waals surface area contributed by atoms with E-state index < -0.39 is 6.10 Å². The standard InChI is InChI=1S/C36H42Cl4N4O3/c1-5-8-10-12-23-14-17-32(24(18-23)13-11-9-6-2)47-31(7-3)35(45)41-26-20-28(39)33(29(40)21-26)44-36(46)22(4)34(43-44)42-30-16-15-25(37)19-27(30)38/h14-21,31,42-43H,5-13H2,1-4H3,(H,41,45). The molecular weight excluding hydrogens is 678 g/mol. The minimum Gasteiger partial charge on any atom is -0.480 e. The Hall–Kier alpha value is -3.10. The summed E-state index contributed by atoms with van der Waals surface area (Å²) in [5.74, 6) is 0.826. The Labute approximate surface area is 296 Å².